The summed E-state index contributed by atoms with van der Waals surface area (Å²) in [6.45, 7) is 4.88. The van der Waals surface area contributed by atoms with Crippen molar-refractivity contribution in [3.63, 3.8) is 0 Å². The zero-order valence-electron chi connectivity index (χ0n) is 43.7. The van der Waals surface area contributed by atoms with E-state index in [-0.39, 0.29) is 18.5 Å². The first-order chi connectivity index (χ1) is 32.0. The summed E-state index contributed by atoms with van der Waals surface area (Å²) in [7, 11) is 0. The van der Waals surface area contributed by atoms with E-state index in [4.69, 9.17) is 4.74 Å². The Hall–Kier alpha value is -1.66. The number of esters is 1. The molecule has 0 aromatic rings. The zero-order valence-corrected chi connectivity index (χ0v) is 43.7. The molecule has 2 unspecified atom stereocenters. The van der Waals surface area contributed by atoms with Crippen molar-refractivity contribution in [1.29, 1.82) is 0 Å². The van der Waals surface area contributed by atoms with Gasteiger partial charge in [-0.25, -0.2) is 0 Å². The lowest BCUT2D eigenvalue weighted by Crippen LogP contribution is -2.45. The van der Waals surface area contributed by atoms with Crippen molar-refractivity contribution in [2.45, 2.75) is 328 Å². The summed E-state index contributed by atoms with van der Waals surface area (Å²) in [5, 5.41) is 23.0. The number of unbranched alkanes of at least 4 members (excludes halogenated alkanes) is 41. The summed E-state index contributed by atoms with van der Waals surface area (Å²) in [6, 6.07) is -0.625. The van der Waals surface area contributed by atoms with E-state index < -0.39 is 12.1 Å². The SMILES string of the molecule is CCCCCC/C=C\CCCCCCCC(=O)OCCCCCCCCCCCCCCCCCCCCCCCCCCC(=O)NC(CO)C(O)/C=C/CCCCCCCCCCC. The van der Waals surface area contributed by atoms with Crippen molar-refractivity contribution in [2.75, 3.05) is 13.2 Å². The standard InChI is InChI=1S/C59H113NO5/c1-3-5-7-9-11-13-15-28-33-37-41-45-49-53-59(64)65-54-50-46-42-38-34-30-27-25-23-21-19-17-16-18-20-22-24-26-29-32-36-40-44-48-52-58(63)60-56(55-61)57(62)51-47-43-39-35-31-14-12-10-8-6-4-2/h13,15,47,51,56-57,61-62H,3-12,14,16-46,48-50,52-55H2,1-2H3,(H,60,63)/b15-13-,51-47+. The van der Waals surface area contributed by atoms with Gasteiger partial charge in [-0.05, 0) is 57.8 Å². The van der Waals surface area contributed by atoms with Crippen LogP contribution in [0.1, 0.15) is 316 Å². The van der Waals surface area contributed by atoms with Crippen LogP contribution in [0.4, 0.5) is 0 Å². The maximum absolute atomic E-state index is 12.4. The molecule has 0 fully saturated rings. The molecule has 0 aromatic heterocycles. The maximum atomic E-state index is 12.4. The normalized spacial score (nSPS) is 12.7. The molecule has 0 aliphatic heterocycles. The molecule has 3 N–H and O–H groups in total. The molecule has 6 nitrogen and oxygen atoms in total. The zero-order chi connectivity index (χ0) is 47.2. The Morgan fingerprint density at radius 3 is 1.11 bits per heavy atom. The predicted octanol–water partition coefficient (Wildman–Crippen LogP) is 17.9. The highest BCUT2D eigenvalue weighted by molar-refractivity contribution is 5.76. The molecule has 0 heterocycles. The second-order valence-corrected chi connectivity index (χ2v) is 20.0. The number of amides is 1. The van der Waals surface area contributed by atoms with Gasteiger partial charge in [0.15, 0.2) is 0 Å². The van der Waals surface area contributed by atoms with E-state index in [9.17, 15) is 19.8 Å². The van der Waals surface area contributed by atoms with Gasteiger partial charge in [0.25, 0.3) is 0 Å². The quantitative estimate of drug-likeness (QED) is 0.0321. The summed E-state index contributed by atoms with van der Waals surface area (Å²) in [5.41, 5.74) is 0. The highest BCUT2D eigenvalue weighted by atomic mass is 16.5. The molecule has 1 amide bonds. The molecule has 65 heavy (non-hydrogen) atoms. The van der Waals surface area contributed by atoms with Gasteiger partial charge < -0.3 is 20.3 Å². The number of carbonyl (C=O) groups is 2. The van der Waals surface area contributed by atoms with Gasteiger partial charge in [0.2, 0.25) is 5.91 Å². The molecular weight excluding hydrogens is 803 g/mol. The second-order valence-electron chi connectivity index (χ2n) is 20.0. The number of nitrogens with one attached hydrogen (secondary N) is 1. The summed E-state index contributed by atoms with van der Waals surface area (Å²) in [5.74, 6) is -0.0619. The summed E-state index contributed by atoms with van der Waals surface area (Å²) in [4.78, 5) is 24.4. The fourth-order valence-electron chi connectivity index (χ4n) is 8.98. The van der Waals surface area contributed by atoms with E-state index >= 15 is 0 Å². The lowest BCUT2D eigenvalue weighted by molar-refractivity contribution is -0.143. The minimum absolute atomic E-state index is 0.00559. The number of carbonyl (C=O) groups excluding carboxylic acids is 2. The Labute approximate surface area is 405 Å². The van der Waals surface area contributed by atoms with E-state index in [1.54, 1.807) is 6.08 Å². The molecule has 0 aliphatic carbocycles. The second kappa shape index (κ2) is 54.9. The molecule has 0 rings (SSSR count). The highest BCUT2D eigenvalue weighted by Gasteiger charge is 2.18. The van der Waals surface area contributed by atoms with E-state index in [1.807, 2.05) is 6.08 Å². The van der Waals surface area contributed by atoms with Crippen molar-refractivity contribution in [3.05, 3.63) is 24.3 Å². The molecular formula is C59H113NO5. The first kappa shape index (κ1) is 63.3. The largest absolute Gasteiger partial charge is 0.466 e. The van der Waals surface area contributed by atoms with E-state index in [0.717, 1.165) is 44.9 Å². The van der Waals surface area contributed by atoms with Crippen molar-refractivity contribution in [2.24, 2.45) is 0 Å². The van der Waals surface area contributed by atoms with Crippen LogP contribution in [0.2, 0.25) is 0 Å². The van der Waals surface area contributed by atoms with Crippen LogP contribution >= 0.6 is 0 Å². The Balaban J connectivity index is 3.36. The Morgan fingerprint density at radius 2 is 0.723 bits per heavy atom. The molecule has 2 atom stereocenters. The molecule has 0 aromatic carbocycles. The van der Waals surface area contributed by atoms with Crippen LogP contribution in [0.25, 0.3) is 0 Å². The van der Waals surface area contributed by atoms with Gasteiger partial charge in [0.05, 0.1) is 25.4 Å². The maximum Gasteiger partial charge on any atom is 0.305 e. The minimum Gasteiger partial charge on any atom is -0.466 e. The van der Waals surface area contributed by atoms with Crippen LogP contribution in [-0.2, 0) is 14.3 Å². The molecule has 0 radical (unpaired) electrons. The fraction of sp³-hybridized carbons (Fsp3) is 0.898. The van der Waals surface area contributed by atoms with Gasteiger partial charge >= 0.3 is 5.97 Å². The van der Waals surface area contributed by atoms with Gasteiger partial charge in [-0.1, -0.05) is 269 Å². The molecule has 0 saturated heterocycles. The first-order valence-electron chi connectivity index (χ1n) is 29.1. The summed E-state index contributed by atoms with van der Waals surface area (Å²) >= 11 is 0. The van der Waals surface area contributed by atoms with Crippen LogP contribution in [0.5, 0.6) is 0 Å². The third-order valence-corrected chi connectivity index (χ3v) is 13.5. The molecule has 384 valence electrons. The third-order valence-electron chi connectivity index (χ3n) is 13.5. The lowest BCUT2D eigenvalue weighted by atomic mass is 10.0. The third kappa shape index (κ3) is 51.6. The number of aliphatic hydroxyl groups is 2. The van der Waals surface area contributed by atoms with Gasteiger partial charge in [0.1, 0.15) is 0 Å². The Morgan fingerprint density at radius 1 is 0.415 bits per heavy atom. The minimum atomic E-state index is -0.841. The summed E-state index contributed by atoms with van der Waals surface area (Å²) < 4.78 is 5.47. The number of hydrogen-bond acceptors (Lipinski definition) is 5. The molecule has 0 spiro atoms. The lowest BCUT2D eigenvalue weighted by Gasteiger charge is -2.20. The number of hydrogen-bond donors (Lipinski definition) is 3. The van der Waals surface area contributed by atoms with Crippen LogP contribution in [0, 0.1) is 0 Å². The van der Waals surface area contributed by atoms with Crippen molar-refractivity contribution < 1.29 is 24.5 Å². The van der Waals surface area contributed by atoms with E-state index in [2.05, 4.69) is 31.3 Å². The van der Waals surface area contributed by atoms with Gasteiger partial charge in [-0.2, -0.15) is 0 Å². The van der Waals surface area contributed by atoms with Crippen molar-refractivity contribution >= 4 is 11.9 Å². The van der Waals surface area contributed by atoms with Gasteiger partial charge in [0, 0.05) is 12.8 Å². The average molecular weight is 917 g/mol. The molecule has 0 saturated carbocycles. The van der Waals surface area contributed by atoms with Crippen LogP contribution in [0.15, 0.2) is 24.3 Å². The monoisotopic (exact) mass is 916 g/mol. The van der Waals surface area contributed by atoms with Crippen molar-refractivity contribution in [1.82, 2.24) is 5.32 Å². The number of rotatable bonds is 54. The first-order valence-corrected chi connectivity index (χ1v) is 29.1. The molecule has 6 heteroatoms. The summed E-state index contributed by atoms with van der Waals surface area (Å²) in [6.07, 6.45) is 66.4. The van der Waals surface area contributed by atoms with Gasteiger partial charge in [-0.3, -0.25) is 9.59 Å². The van der Waals surface area contributed by atoms with Crippen LogP contribution < -0.4 is 5.32 Å². The number of ether oxygens (including phenoxy) is 1. The Kier molecular flexibility index (Phi) is 53.5. The van der Waals surface area contributed by atoms with E-state index in [1.165, 1.54) is 244 Å². The fourth-order valence-corrected chi connectivity index (χ4v) is 8.98. The average Bonchev–Trinajstić information content (AvgIpc) is 3.31. The van der Waals surface area contributed by atoms with Gasteiger partial charge in [-0.15, -0.1) is 0 Å². The van der Waals surface area contributed by atoms with Crippen LogP contribution in [0.3, 0.4) is 0 Å². The molecule has 0 aliphatic rings. The number of allylic oxidation sites excluding steroid dienone is 3. The van der Waals surface area contributed by atoms with E-state index in [0.29, 0.717) is 19.4 Å². The Bertz CT molecular complexity index is 1010. The van der Waals surface area contributed by atoms with Crippen molar-refractivity contribution in [3.8, 4) is 0 Å². The van der Waals surface area contributed by atoms with Crippen LogP contribution in [-0.4, -0.2) is 47.4 Å². The highest BCUT2D eigenvalue weighted by Crippen LogP contribution is 2.17. The predicted molar refractivity (Wildman–Crippen MR) is 283 cm³/mol. The molecule has 0 bridgehead atoms. The topological polar surface area (TPSA) is 95.9 Å². The smallest absolute Gasteiger partial charge is 0.305 e. The number of aliphatic hydroxyl groups excluding tert-OH is 2.